The molecule has 1 saturated carbocycles. The number of aromatic nitrogens is 5. The van der Waals surface area contributed by atoms with E-state index in [4.69, 9.17) is 0 Å². The molecule has 12 heteroatoms. The van der Waals surface area contributed by atoms with E-state index in [0.717, 1.165) is 0 Å². The Morgan fingerprint density at radius 1 is 1.07 bits per heavy atom. The van der Waals surface area contributed by atoms with Crippen LogP contribution in [0, 0.1) is 19.7 Å². The number of carbonyl (C=O) groups is 1. The summed E-state index contributed by atoms with van der Waals surface area (Å²) in [5.41, 5.74) is 0.468. The number of rotatable bonds is 6. The first kappa shape index (κ1) is 26.0. The average Bonchev–Trinajstić information content (AvgIpc) is 3.61. The highest BCUT2D eigenvalue weighted by atomic mass is 19.1. The maximum absolute atomic E-state index is 14.9. The zero-order valence-electron chi connectivity index (χ0n) is 22.5. The van der Waals surface area contributed by atoms with Gasteiger partial charge in [0, 0.05) is 30.5 Å². The van der Waals surface area contributed by atoms with Crippen molar-refractivity contribution >= 4 is 34.0 Å². The van der Waals surface area contributed by atoms with E-state index in [1.54, 1.807) is 44.2 Å². The van der Waals surface area contributed by atoms with Crippen LogP contribution in [-0.2, 0) is 7.05 Å². The third-order valence-electron chi connectivity index (χ3n) is 7.26. The second-order valence-corrected chi connectivity index (χ2v) is 10.2. The molecule has 0 atom stereocenters. The molecule has 0 radical (unpaired) electrons. The third kappa shape index (κ3) is 4.42. The summed E-state index contributed by atoms with van der Waals surface area (Å²) in [7, 11) is 1.49. The number of aryl methyl sites for hydroxylation is 2. The topological polar surface area (TPSA) is 136 Å². The largest absolute Gasteiger partial charge is 0.338 e. The average molecular weight is 556 g/mol. The molecule has 6 rings (SSSR count). The number of carbonyl (C=O) groups excluding carboxylic acids is 1. The minimum Gasteiger partial charge on any atom is -0.338 e. The van der Waals surface area contributed by atoms with Crippen LogP contribution in [0.1, 0.15) is 40.4 Å². The highest BCUT2D eigenvalue weighted by Gasteiger charge is 2.31. The number of halogens is 1. The Balaban J connectivity index is 1.62. The van der Waals surface area contributed by atoms with Crippen molar-refractivity contribution in [1.29, 1.82) is 0 Å². The summed E-state index contributed by atoms with van der Waals surface area (Å²) in [6, 6.07) is 10.8. The van der Waals surface area contributed by atoms with Crippen LogP contribution < -0.4 is 27.4 Å². The van der Waals surface area contributed by atoms with E-state index in [9.17, 15) is 23.6 Å². The molecule has 1 aliphatic carbocycles. The molecule has 0 spiro atoms. The molecule has 11 nitrogen and oxygen atoms in total. The zero-order chi connectivity index (χ0) is 29.0. The van der Waals surface area contributed by atoms with Gasteiger partial charge in [-0.2, -0.15) is 5.10 Å². The normalized spacial score (nSPS) is 13.0. The van der Waals surface area contributed by atoms with Gasteiger partial charge in [0.2, 0.25) is 0 Å². The van der Waals surface area contributed by atoms with E-state index in [1.807, 2.05) is 0 Å². The van der Waals surface area contributed by atoms with Gasteiger partial charge in [0.1, 0.15) is 17.0 Å². The molecule has 3 aromatic heterocycles. The number of nitrogens with one attached hydrogen (secondary N) is 3. The predicted octanol–water partition coefficient (Wildman–Crippen LogP) is 3.66. The van der Waals surface area contributed by atoms with Gasteiger partial charge in [-0.3, -0.25) is 33.2 Å². The van der Waals surface area contributed by atoms with Crippen molar-refractivity contribution < 1.29 is 9.18 Å². The molecule has 1 aliphatic rings. The number of aromatic amines is 1. The van der Waals surface area contributed by atoms with Crippen LogP contribution in [0.25, 0.3) is 16.6 Å². The van der Waals surface area contributed by atoms with Gasteiger partial charge in [0.15, 0.2) is 0 Å². The van der Waals surface area contributed by atoms with Crippen LogP contribution in [0.4, 0.5) is 21.6 Å². The summed E-state index contributed by atoms with van der Waals surface area (Å²) in [5, 5.41) is 12.2. The van der Waals surface area contributed by atoms with E-state index in [1.165, 1.54) is 45.3 Å². The predicted molar refractivity (Wildman–Crippen MR) is 153 cm³/mol. The lowest BCUT2D eigenvalue weighted by Gasteiger charge is -2.21. The van der Waals surface area contributed by atoms with E-state index < -0.39 is 28.5 Å². The van der Waals surface area contributed by atoms with E-state index in [-0.39, 0.29) is 34.0 Å². The van der Waals surface area contributed by atoms with Crippen molar-refractivity contribution in [3.05, 3.63) is 109 Å². The third-order valence-corrected chi connectivity index (χ3v) is 7.26. The van der Waals surface area contributed by atoms with Crippen molar-refractivity contribution in [1.82, 2.24) is 23.9 Å². The lowest BCUT2D eigenvalue weighted by atomic mass is 10.1. The summed E-state index contributed by atoms with van der Waals surface area (Å²) in [6.45, 7) is 3.30. The number of anilines is 3. The summed E-state index contributed by atoms with van der Waals surface area (Å²) in [6.07, 6.45) is 4.14. The highest BCUT2D eigenvalue weighted by molar-refractivity contribution is 6.04. The van der Waals surface area contributed by atoms with Crippen LogP contribution in [0.3, 0.4) is 0 Å². The maximum Gasteiger partial charge on any atom is 0.336 e. The molecule has 5 aromatic rings. The number of amides is 1. The lowest BCUT2D eigenvalue weighted by molar-refractivity contribution is 0.102. The number of fused-ring (bicyclic) bond motifs is 1. The summed E-state index contributed by atoms with van der Waals surface area (Å²) in [5.74, 6) is -0.897. The molecule has 0 bridgehead atoms. The lowest BCUT2D eigenvalue weighted by Crippen LogP contribution is -2.41. The molecule has 1 amide bonds. The molecule has 3 heterocycles. The molecule has 0 unspecified atom stereocenters. The van der Waals surface area contributed by atoms with Crippen molar-refractivity contribution in [2.45, 2.75) is 32.7 Å². The van der Waals surface area contributed by atoms with Gasteiger partial charge in [-0.15, -0.1) is 0 Å². The first-order valence-electron chi connectivity index (χ1n) is 13.0. The van der Waals surface area contributed by atoms with E-state index in [2.05, 4.69) is 20.8 Å². The van der Waals surface area contributed by atoms with Crippen LogP contribution in [-0.4, -0.2) is 29.8 Å². The molecule has 1 fully saturated rings. The van der Waals surface area contributed by atoms with Gasteiger partial charge in [-0.1, -0.05) is 12.1 Å². The molecular weight excluding hydrogens is 529 g/mol. The Labute approximate surface area is 231 Å². The Kier molecular flexibility index (Phi) is 6.17. The van der Waals surface area contributed by atoms with Crippen molar-refractivity contribution in [3.63, 3.8) is 0 Å². The standard InChI is InChI=1S/C29H26FN7O4/c1-15-7-10-22(21(30)11-15)34-25-23-24(16(2)27(39)35(25)3)36(29(41)37(28(23)40)19-8-9-19)20-6-4-5-18(12-20)33-26(38)17-13-31-32-14-17/h4-7,10-14,19,34H,8-9H2,1-3H3,(H,31,32)(H,33,38). The fraction of sp³-hybridized carbons (Fsp3) is 0.207. The quantitative estimate of drug-likeness (QED) is 0.293. The zero-order valence-corrected chi connectivity index (χ0v) is 22.5. The van der Waals surface area contributed by atoms with Gasteiger partial charge in [-0.05, 0) is 62.6 Å². The van der Waals surface area contributed by atoms with Crippen molar-refractivity contribution in [2.24, 2.45) is 7.05 Å². The monoisotopic (exact) mass is 555 g/mol. The van der Waals surface area contributed by atoms with Gasteiger partial charge >= 0.3 is 5.69 Å². The number of hydrogen-bond donors (Lipinski definition) is 3. The molecule has 3 N–H and O–H groups in total. The molecule has 2 aromatic carbocycles. The maximum atomic E-state index is 14.9. The van der Waals surface area contributed by atoms with Crippen LogP contribution in [0.15, 0.2) is 69.2 Å². The molecule has 0 saturated heterocycles. The van der Waals surface area contributed by atoms with Gasteiger partial charge in [-0.25, -0.2) is 9.18 Å². The molecule has 208 valence electrons. The minimum atomic E-state index is -0.605. The van der Waals surface area contributed by atoms with E-state index in [0.29, 0.717) is 35.3 Å². The highest BCUT2D eigenvalue weighted by Crippen LogP contribution is 2.34. The number of pyridine rings is 1. The Bertz CT molecular complexity index is 2040. The van der Waals surface area contributed by atoms with Gasteiger partial charge in [0.25, 0.3) is 17.0 Å². The second-order valence-electron chi connectivity index (χ2n) is 10.2. The number of H-pyrrole nitrogens is 1. The van der Waals surface area contributed by atoms with Crippen molar-refractivity contribution in [3.8, 4) is 5.69 Å². The van der Waals surface area contributed by atoms with E-state index >= 15 is 0 Å². The van der Waals surface area contributed by atoms with Gasteiger partial charge < -0.3 is 10.6 Å². The summed E-state index contributed by atoms with van der Waals surface area (Å²) >= 11 is 0. The first-order valence-corrected chi connectivity index (χ1v) is 13.0. The van der Waals surface area contributed by atoms with Crippen LogP contribution >= 0.6 is 0 Å². The van der Waals surface area contributed by atoms with Crippen LogP contribution in [0.5, 0.6) is 0 Å². The summed E-state index contributed by atoms with van der Waals surface area (Å²) < 4.78 is 18.7. The first-order chi connectivity index (χ1) is 19.7. The SMILES string of the molecule is Cc1ccc(Nc2c3c(=O)n(C4CC4)c(=O)n(-c4cccc(NC(=O)c5cn[nH]c5)c4)c3c(C)c(=O)n2C)c(F)c1. The minimum absolute atomic E-state index is 0.0657. The van der Waals surface area contributed by atoms with Gasteiger partial charge in [0.05, 0.1) is 28.7 Å². The molecule has 0 aliphatic heterocycles. The number of nitrogens with zero attached hydrogens (tertiary/aromatic N) is 4. The Morgan fingerprint density at radius 3 is 2.54 bits per heavy atom. The Morgan fingerprint density at radius 2 is 1.85 bits per heavy atom. The fourth-order valence-electron chi connectivity index (χ4n) is 5.01. The second kappa shape index (κ2) is 9.73. The fourth-order valence-corrected chi connectivity index (χ4v) is 5.01. The summed E-state index contributed by atoms with van der Waals surface area (Å²) in [4.78, 5) is 54.0. The van der Waals surface area contributed by atoms with Crippen LogP contribution in [0.2, 0.25) is 0 Å². The molecule has 41 heavy (non-hydrogen) atoms. The number of benzene rings is 2. The number of hydrogen-bond acceptors (Lipinski definition) is 6. The Hall–Kier alpha value is -5.26. The van der Waals surface area contributed by atoms with Crippen molar-refractivity contribution in [2.75, 3.05) is 10.6 Å². The molecular formula is C29H26FN7O4. The smallest absolute Gasteiger partial charge is 0.336 e.